The summed E-state index contributed by atoms with van der Waals surface area (Å²) in [4.78, 5) is 0. The van der Waals surface area contributed by atoms with Crippen LogP contribution in [0, 0.1) is 5.41 Å². The Morgan fingerprint density at radius 3 is 1.08 bits per heavy atom. The molecular weight excluding hydrogens is 164 g/mol. The zero-order valence-corrected chi connectivity index (χ0v) is 9.81. The normalized spacial score (nSPS) is 14.8. The van der Waals surface area contributed by atoms with Crippen molar-refractivity contribution in [2.75, 3.05) is 0 Å². The highest BCUT2D eigenvalue weighted by Gasteiger charge is 2.31. The molecular formula is C11H24O2. The first kappa shape index (κ1) is 12.9. The summed E-state index contributed by atoms with van der Waals surface area (Å²) in [6, 6.07) is 0. The van der Waals surface area contributed by atoms with Crippen LogP contribution in [-0.2, 0) is 0 Å². The van der Waals surface area contributed by atoms with Crippen LogP contribution in [-0.4, -0.2) is 21.4 Å². The maximum Gasteiger partial charge on any atom is 0.0596 e. The molecule has 0 spiro atoms. The van der Waals surface area contributed by atoms with E-state index in [4.69, 9.17) is 0 Å². The second kappa shape index (κ2) is 3.58. The second-order valence-corrected chi connectivity index (χ2v) is 6.14. The molecule has 0 aromatic carbocycles. The number of rotatable bonds is 4. The van der Waals surface area contributed by atoms with Crippen LogP contribution in [0.25, 0.3) is 0 Å². The van der Waals surface area contributed by atoms with Gasteiger partial charge in [-0.05, 0) is 46.0 Å². The van der Waals surface area contributed by atoms with Crippen molar-refractivity contribution in [1.82, 2.24) is 0 Å². The van der Waals surface area contributed by atoms with Crippen molar-refractivity contribution in [3.63, 3.8) is 0 Å². The van der Waals surface area contributed by atoms with E-state index in [-0.39, 0.29) is 5.41 Å². The second-order valence-electron chi connectivity index (χ2n) is 6.14. The van der Waals surface area contributed by atoms with Gasteiger partial charge in [-0.15, -0.1) is 0 Å². The minimum absolute atomic E-state index is 0.0312. The molecule has 0 aliphatic heterocycles. The molecule has 0 aliphatic rings. The first-order chi connectivity index (χ1) is 5.41. The van der Waals surface area contributed by atoms with Gasteiger partial charge in [-0.25, -0.2) is 0 Å². The van der Waals surface area contributed by atoms with E-state index < -0.39 is 11.2 Å². The third-order valence-corrected chi connectivity index (χ3v) is 1.82. The molecule has 0 aromatic heterocycles. The van der Waals surface area contributed by atoms with Crippen molar-refractivity contribution in [3.05, 3.63) is 0 Å². The lowest BCUT2D eigenvalue weighted by Crippen LogP contribution is -2.34. The van der Waals surface area contributed by atoms with E-state index in [0.29, 0.717) is 12.8 Å². The summed E-state index contributed by atoms with van der Waals surface area (Å²) >= 11 is 0. The summed E-state index contributed by atoms with van der Waals surface area (Å²) in [6.45, 7) is 11.4. The number of aliphatic hydroxyl groups is 2. The van der Waals surface area contributed by atoms with Crippen molar-refractivity contribution in [3.8, 4) is 0 Å². The van der Waals surface area contributed by atoms with Gasteiger partial charge in [0.25, 0.3) is 0 Å². The maximum atomic E-state index is 9.67. The monoisotopic (exact) mass is 188 g/mol. The Labute approximate surface area is 82.0 Å². The summed E-state index contributed by atoms with van der Waals surface area (Å²) in [5, 5.41) is 19.3. The molecule has 13 heavy (non-hydrogen) atoms. The SMILES string of the molecule is CC(C)(O)CC(C)(C)CC(C)(C)O. The fraction of sp³-hybridized carbons (Fsp3) is 1.00. The third kappa shape index (κ3) is 8.26. The first-order valence-corrected chi connectivity index (χ1v) is 4.86. The minimum Gasteiger partial charge on any atom is -0.390 e. The van der Waals surface area contributed by atoms with Gasteiger partial charge >= 0.3 is 0 Å². The zero-order chi connectivity index (χ0) is 10.9. The van der Waals surface area contributed by atoms with Crippen molar-refractivity contribution in [1.29, 1.82) is 0 Å². The molecule has 2 heteroatoms. The van der Waals surface area contributed by atoms with Crippen LogP contribution in [0.15, 0.2) is 0 Å². The van der Waals surface area contributed by atoms with Crippen molar-refractivity contribution in [2.24, 2.45) is 5.41 Å². The lowest BCUT2D eigenvalue weighted by Gasteiger charge is -2.35. The Bertz CT molecular complexity index is 140. The summed E-state index contributed by atoms with van der Waals surface area (Å²) in [7, 11) is 0. The lowest BCUT2D eigenvalue weighted by atomic mass is 9.75. The minimum atomic E-state index is -0.658. The molecule has 0 bridgehead atoms. The van der Waals surface area contributed by atoms with Crippen LogP contribution in [0.1, 0.15) is 54.4 Å². The van der Waals surface area contributed by atoms with Crippen molar-refractivity contribution >= 4 is 0 Å². The molecule has 0 aromatic rings. The molecule has 0 aliphatic carbocycles. The molecule has 2 N–H and O–H groups in total. The van der Waals surface area contributed by atoms with Gasteiger partial charge in [-0.1, -0.05) is 13.8 Å². The average Bonchev–Trinajstić information content (AvgIpc) is 1.43. The molecule has 0 radical (unpaired) electrons. The fourth-order valence-electron chi connectivity index (χ4n) is 2.40. The molecule has 0 fully saturated rings. The van der Waals surface area contributed by atoms with Crippen LogP contribution < -0.4 is 0 Å². The Kier molecular flexibility index (Phi) is 3.56. The van der Waals surface area contributed by atoms with Crippen LogP contribution in [0.2, 0.25) is 0 Å². The topological polar surface area (TPSA) is 40.5 Å². The van der Waals surface area contributed by atoms with E-state index in [1.807, 2.05) is 0 Å². The summed E-state index contributed by atoms with van der Waals surface area (Å²) in [6.07, 6.45) is 1.40. The molecule has 0 rings (SSSR count). The molecule has 0 atom stereocenters. The smallest absolute Gasteiger partial charge is 0.0596 e. The highest BCUT2D eigenvalue weighted by atomic mass is 16.3. The number of hydrogen-bond acceptors (Lipinski definition) is 2. The Hall–Kier alpha value is -0.0800. The van der Waals surface area contributed by atoms with Crippen LogP contribution in [0.5, 0.6) is 0 Å². The molecule has 0 unspecified atom stereocenters. The van der Waals surface area contributed by atoms with Gasteiger partial charge in [0.15, 0.2) is 0 Å². The molecule has 0 saturated heterocycles. The number of hydrogen-bond donors (Lipinski definition) is 2. The highest BCUT2D eigenvalue weighted by Crippen LogP contribution is 2.35. The van der Waals surface area contributed by atoms with Gasteiger partial charge in [0.1, 0.15) is 0 Å². The summed E-state index contributed by atoms with van der Waals surface area (Å²) in [5.41, 5.74) is -1.35. The Balaban J connectivity index is 4.25. The van der Waals surface area contributed by atoms with Crippen LogP contribution in [0.3, 0.4) is 0 Å². The van der Waals surface area contributed by atoms with Gasteiger partial charge < -0.3 is 10.2 Å². The standard InChI is InChI=1S/C11H24O2/c1-9(2,7-10(3,4)12)8-11(5,6)13/h12-13H,7-8H2,1-6H3. The first-order valence-electron chi connectivity index (χ1n) is 4.86. The van der Waals surface area contributed by atoms with Gasteiger partial charge in [0.05, 0.1) is 11.2 Å². The third-order valence-electron chi connectivity index (χ3n) is 1.82. The Morgan fingerprint density at radius 1 is 0.692 bits per heavy atom. The van der Waals surface area contributed by atoms with E-state index in [1.54, 1.807) is 27.7 Å². The average molecular weight is 188 g/mol. The van der Waals surface area contributed by atoms with Crippen LogP contribution >= 0.6 is 0 Å². The van der Waals surface area contributed by atoms with Crippen molar-refractivity contribution < 1.29 is 10.2 Å². The molecule has 2 nitrogen and oxygen atoms in total. The Morgan fingerprint density at radius 2 is 0.923 bits per heavy atom. The molecule has 0 amide bonds. The van der Waals surface area contributed by atoms with E-state index >= 15 is 0 Å². The van der Waals surface area contributed by atoms with E-state index in [0.717, 1.165) is 0 Å². The quantitative estimate of drug-likeness (QED) is 0.711. The molecule has 0 heterocycles. The van der Waals surface area contributed by atoms with Gasteiger partial charge in [-0.2, -0.15) is 0 Å². The van der Waals surface area contributed by atoms with Crippen molar-refractivity contribution in [2.45, 2.75) is 65.6 Å². The molecule has 0 saturated carbocycles. The van der Waals surface area contributed by atoms with E-state index in [2.05, 4.69) is 13.8 Å². The maximum absolute atomic E-state index is 9.67. The predicted molar refractivity (Wildman–Crippen MR) is 55.6 cm³/mol. The lowest BCUT2D eigenvalue weighted by molar-refractivity contribution is -0.0138. The van der Waals surface area contributed by atoms with Gasteiger partial charge in [-0.3, -0.25) is 0 Å². The molecule has 80 valence electrons. The van der Waals surface area contributed by atoms with Gasteiger partial charge in [0.2, 0.25) is 0 Å². The van der Waals surface area contributed by atoms with Crippen LogP contribution in [0.4, 0.5) is 0 Å². The van der Waals surface area contributed by atoms with Gasteiger partial charge in [0, 0.05) is 0 Å². The fourth-order valence-corrected chi connectivity index (χ4v) is 2.40. The summed E-state index contributed by atoms with van der Waals surface area (Å²) < 4.78 is 0. The summed E-state index contributed by atoms with van der Waals surface area (Å²) in [5.74, 6) is 0. The predicted octanol–water partition coefficient (Wildman–Crippen LogP) is 2.33. The largest absolute Gasteiger partial charge is 0.390 e. The zero-order valence-electron chi connectivity index (χ0n) is 9.81. The van der Waals surface area contributed by atoms with E-state index in [9.17, 15) is 10.2 Å². The van der Waals surface area contributed by atoms with E-state index in [1.165, 1.54) is 0 Å². The highest BCUT2D eigenvalue weighted by molar-refractivity contribution is 4.83.